The monoisotopic (exact) mass is 672 g/mol. The van der Waals surface area contributed by atoms with Crippen LogP contribution in [0.15, 0.2) is 30.3 Å². The average Bonchev–Trinajstić information content (AvgIpc) is 3.03. The maximum atomic E-state index is 16.6. The second-order valence-electron chi connectivity index (χ2n) is 11.6. The number of nitrogens with one attached hydrogen (secondary N) is 2. The number of benzene rings is 1. The summed E-state index contributed by atoms with van der Waals surface area (Å²) in [4.78, 5) is 38.0. The molecule has 1 aliphatic heterocycles. The third kappa shape index (κ3) is 14.0. The van der Waals surface area contributed by atoms with Gasteiger partial charge in [0.2, 0.25) is 5.91 Å². The quantitative estimate of drug-likeness (QED) is 0.124. The van der Waals surface area contributed by atoms with Crippen molar-refractivity contribution in [3.05, 3.63) is 35.9 Å². The van der Waals surface area contributed by atoms with Crippen LogP contribution in [0, 0.1) is 0 Å². The summed E-state index contributed by atoms with van der Waals surface area (Å²) in [6.45, 7) is 9.42. The van der Waals surface area contributed by atoms with Crippen molar-refractivity contribution < 1.29 is 51.6 Å². The third-order valence-electron chi connectivity index (χ3n) is 7.57. The number of alkyl carbamates (subject to hydrolysis) is 1. The van der Waals surface area contributed by atoms with E-state index in [1.54, 1.807) is 30.3 Å². The molecule has 47 heavy (non-hydrogen) atoms. The lowest BCUT2D eigenvalue weighted by Gasteiger charge is -2.48. The van der Waals surface area contributed by atoms with Gasteiger partial charge in [0, 0.05) is 33.2 Å². The molecule has 0 aromatic heterocycles. The van der Waals surface area contributed by atoms with E-state index in [2.05, 4.69) is 10.6 Å². The summed E-state index contributed by atoms with van der Waals surface area (Å²) >= 11 is 0. The Kier molecular flexibility index (Phi) is 18.8. The van der Waals surface area contributed by atoms with Crippen LogP contribution in [0.2, 0.25) is 0 Å². The largest absolute Gasteiger partial charge is 0.464 e. The highest BCUT2D eigenvalue weighted by atomic mass is 19.3. The number of hydrogen-bond donors (Lipinski definition) is 2. The molecule has 268 valence electrons. The summed E-state index contributed by atoms with van der Waals surface area (Å²) in [6, 6.07) is 5.63. The second kappa shape index (κ2) is 21.9. The van der Waals surface area contributed by atoms with Gasteiger partial charge in [0.05, 0.1) is 19.3 Å². The molecule has 6 atom stereocenters. The van der Waals surface area contributed by atoms with Crippen molar-refractivity contribution in [1.29, 1.82) is 0 Å². The van der Waals surface area contributed by atoms with Crippen LogP contribution in [-0.2, 0) is 44.6 Å². The first-order valence-electron chi connectivity index (χ1n) is 16.8. The summed E-state index contributed by atoms with van der Waals surface area (Å²) in [5.74, 6) is -5.43. The smallest absolute Gasteiger partial charge is 0.408 e. The molecule has 2 amide bonds. The first-order valence-corrected chi connectivity index (χ1v) is 16.8. The normalized spacial score (nSPS) is 21.9. The Morgan fingerprint density at radius 3 is 2.11 bits per heavy atom. The van der Waals surface area contributed by atoms with Crippen molar-refractivity contribution >= 4 is 18.0 Å². The number of ether oxygens (including phenoxy) is 6. The zero-order valence-corrected chi connectivity index (χ0v) is 28.5. The zero-order valence-electron chi connectivity index (χ0n) is 28.5. The van der Waals surface area contributed by atoms with Gasteiger partial charge >= 0.3 is 12.1 Å². The summed E-state index contributed by atoms with van der Waals surface area (Å²) in [5, 5.41) is 4.86. The Balaban J connectivity index is 2.42. The molecule has 1 heterocycles. The first-order chi connectivity index (χ1) is 22.6. The molecular weight excluding hydrogens is 618 g/mol. The molecule has 0 radical (unpaired) electrons. The lowest BCUT2D eigenvalue weighted by molar-refractivity contribution is -0.271. The maximum absolute atomic E-state index is 16.6. The molecule has 0 saturated carbocycles. The number of hydrogen-bond acceptors (Lipinski definition) is 9. The van der Waals surface area contributed by atoms with Crippen LogP contribution in [0.5, 0.6) is 0 Å². The van der Waals surface area contributed by atoms with Crippen LogP contribution in [0.4, 0.5) is 13.6 Å². The number of esters is 1. The summed E-state index contributed by atoms with van der Waals surface area (Å²) < 4.78 is 67.7. The van der Waals surface area contributed by atoms with Crippen LogP contribution < -0.4 is 10.6 Å². The van der Waals surface area contributed by atoms with Gasteiger partial charge in [-0.15, -0.1) is 0 Å². The fraction of sp³-hybridized carbons (Fsp3) is 0.735. The lowest BCUT2D eigenvalue weighted by atomic mass is 9.87. The predicted octanol–water partition coefficient (Wildman–Crippen LogP) is 5.33. The van der Waals surface area contributed by atoms with E-state index in [1.165, 1.54) is 13.8 Å². The topological polar surface area (TPSA) is 131 Å². The number of rotatable bonds is 22. The van der Waals surface area contributed by atoms with Crippen LogP contribution in [0.25, 0.3) is 0 Å². The van der Waals surface area contributed by atoms with Crippen molar-refractivity contribution in [2.45, 2.75) is 129 Å². The van der Waals surface area contributed by atoms with Crippen molar-refractivity contribution in [2.24, 2.45) is 0 Å². The highest BCUT2D eigenvalue weighted by Crippen LogP contribution is 2.38. The minimum Gasteiger partial charge on any atom is -0.464 e. The van der Waals surface area contributed by atoms with Gasteiger partial charge in [-0.25, -0.2) is 18.4 Å². The van der Waals surface area contributed by atoms with Crippen LogP contribution in [0.1, 0.15) is 85.1 Å². The molecule has 0 unspecified atom stereocenters. The van der Waals surface area contributed by atoms with Crippen LogP contribution >= 0.6 is 0 Å². The van der Waals surface area contributed by atoms with E-state index >= 15 is 8.78 Å². The number of halogens is 2. The number of alkyl halides is 2. The first kappa shape index (κ1) is 40.3. The van der Waals surface area contributed by atoms with E-state index in [9.17, 15) is 14.4 Å². The van der Waals surface area contributed by atoms with E-state index < -0.39 is 66.8 Å². The molecule has 1 saturated heterocycles. The SMILES string of the molecule is CCCCOC[C@H]1O[C@H](C(F)(F)C[C@@H](NC(=O)OCc2ccccc2)C(=O)OCC)[C@H](NC(C)=O)[C@@H](OCCCC)[C@H]1OCCCC. The van der Waals surface area contributed by atoms with Gasteiger partial charge in [0.15, 0.2) is 0 Å². The number of unbranched alkanes of at least 4 members (excludes halogenated alkanes) is 3. The summed E-state index contributed by atoms with van der Waals surface area (Å²) in [5.41, 5.74) is 0.673. The number of amides is 2. The Labute approximate surface area is 277 Å². The van der Waals surface area contributed by atoms with Gasteiger partial charge in [-0.1, -0.05) is 70.4 Å². The van der Waals surface area contributed by atoms with Gasteiger partial charge in [-0.2, -0.15) is 0 Å². The highest BCUT2D eigenvalue weighted by molar-refractivity contribution is 5.81. The van der Waals surface area contributed by atoms with E-state index in [0.29, 0.717) is 25.2 Å². The van der Waals surface area contributed by atoms with Crippen molar-refractivity contribution in [2.75, 3.05) is 33.0 Å². The van der Waals surface area contributed by atoms with E-state index in [4.69, 9.17) is 28.4 Å². The van der Waals surface area contributed by atoms with Gasteiger partial charge in [0.25, 0.3) is 5.92 Å². The number of carbonyl (C=O) groups is 3. The molecule has 1 fully saturated rings. The molecule has 11 nitrogen and oxygen atoms in total. The Morgan fingerprint density at radius 1 is 0.894 bits per heavy atom. The molecule has 0 bridgehead atoms. The zero-order chi connectivity index (χ0) is 34.7. The van der Waals surface area contributed by atoms with Gasteiger partial charge in [-0.05, 0) is 31.7 Å². The molecule has 0 aliphatic carbocycles. The molecule has 2 N–H and O–H groups in total. The standard InChI is InChI=1S/C34H54F2N2O9/c1-6-10-18-42-23-27-29(44-19-11-7-2)30(45-20-12-8-3)28(37-24(5)39)31(47-27)34(35,36)21-26(32(40)43-9-4)38-33(41)46-22-25-16-14-13-15-17-25/h13-17,26-31H,6-12,18-23H2,1-5H3,(H,37,39)(H,38,41)/t26-,27-,28-,29+,30-,31+/m1/s1. The fourth-order valence-electron chi connectivity index (χ4n) is 5.13. The Hall–Kier alpha value is -2.87. The molecule has 0 spiro atoms. The minimum atomic E-state index is -3.79. The summed E-state index contributed by atoms with van der Waals surface area (Å²) in [7, 11) is 0. The molecule has 13 heteroatoms. The minimum absolute atomic E-state index is 0.0465. The molecule has 1 aromatic carbocycles. The third-order valence-corrected chi connectivity index (χ3v) is 7.57. The number of carbonyl (C=O) groups excluding carboxylic acids is 3. The summed E-state index contributed by atoms with van der Waals surface area (Å²) in [6.07, 6.45) is -2.37. The van der Waals surface area contributed by atoms with E-state index in [-0.39, 0.29) is 26.4 Å². The predicted molar refractivity (Wildman–Crippen MR) is 171 cm³/mol. The van der Waals surface area contributed by atoms with Gasteiger partial charge in [0.1, 0.15) is 37.1 Å². The Bertz CT molecular complexity index is 1050. The maximum Gasteiger partial charge on any atom is 0.408 e. The second-order valence-corrected chi connectivity index (χ2v) is 11.6. The average molecular weight is 673 g/mol. The Morgan fingerprint density at radius 2 is 1.51 bits per heavy atom. The van der Waals surface area contributed by atoms with E-state index in [1.807, 2.05) is 20.8 Å². The molecular formula is C34H54F2N2O9. The van der Waals surface area contributed by atoms with Gasteiger partial charge in [-0.3, -0.25) is 4.79 Å². The fourth-order valence-corrected chi connectivity index (χ4v) is 5.13. The van der Waals surface area contributed by atoms with Gasteiger partial charge < -0.3 is 39.1 Å². The molecule has 1 aliphatic rings. The van der Waals surface area contributed by atoms with Crippen molar-refractivity contribution in [3.63, 3.8) is 0 Å². The van der Waals surface area contributed by atoms with Crippen LogP contribution in [-0.4, -0.2) is 93.4 Å². The molecule has 1 aromatic rings. The van der Waals surface area contributed by atoms with E-state index in [0.717, 1.165) is 32.1 Å². The van der Waals surface area contributed by atoms with Crippen molar-refractivity contribution in [3.8, 4) is 0 Å². The highest BCUT2D eigenvalue weighted by Gasteiger charge is 2.58. The lowest BCUT2D eigenvalue weighted by Crippen LogP contribution is -2.69. The van der Waals surface area contributed by atoms with Crippen LogP contribution in [0.3, 0.4) is 0 Å². The molecule has 2 rings (SSSR count). The van der Waals surface area contributed by atoms with Crippen molar-refractivity contribution in [1.82, 2.24) is 10.6 Å².